The normalized spacial score (nSPS) is 14.9. The minimum atomic E-state index is -0.257. The summed E-state index contributed by atoms with van der Waals surface area (Å²) in [6.45, 7) is 3.23. The second-order valence-corrected chi connectivity index (χ2v) is 8.29. The van der Waals surface area contributed by atoms with Gasteiger partial charge >= 0.3 is 0 Å². The molecule has 4 heterocycles. The Kier molecular flexibility index (Phi) is 5.89. The average Bonchev–Trinajstić information content (AvgIpc) is 3.08. The monoisotopic (exact) mass is 426 g/mol. The maximum atomic E-state index is 12.8. The van der Waals surface area contributed by atoms with Crippen LogP contribution in [0.2, 0.25) is 0 Å². The van der Waals surface area contributed by atoms with E-state index in [-0.39, 0.29) is 5.91 Å². The van der Waals surface area contributed by atoms with Crippen molar-refractivity contribution < 1.29 is 4.79 Å². The summed E-state index contributed by atoms with van der Waals surface area (Å²) in [5, 5.41) is 10.9. The number of carbonyl (C=O) groups is 1. The minimum absolute atomic E-state index is 0.257. The van der Waals surface area contributed by atoms with Crippen LogP contribution in [-0.4, -0.2) is 44.1 Å². The molecule has 0 spiro atoms. The summed E-state index contributed by atoms with van der Waals surface area (Å²) in [6, 6.07) is 11.7. The highest BCUT2D eigenvalue weighted by atomic mass is 16.1. The van der Waals surface area contributed by atoms with Crippen LogP contribution in [0.1, 0.15) is 41.7 Å². The first-order valence-corrected chi connectivity index (χ1v) is 11.1. The summed E-state index contributed by atoms with van der Waals surface area (Å²) in [5.41, 5.74) is 5.15. The first-order chi connectivity index (χ1) is 15.8. The third-order valence-corrected chi connectivity index (χ3v) is 5.95. The van der Waals surface area contributed by atoms with Crippen LogP contribution in [-0.2, 0) is 6.54 Å². The van der Waals surface area contributed by atoms with Crippen LogP contribution >= 0.6 is 0 Å². The quantitative estimate of drug-likeness (QED) is 0.485. The zero-order chi connectivity index (χ0) is 21.8. The van der Waals surface area contributed by atoms with E-state index in [9.17, 15) is 4.79 Å². The Labute approximate surface area is 186 Å². The highest BCUT2D eigenvalue weighted by Gasteiger charge is 2.16. The molecule has 7 nitrogen and oxygen atoms in total. The van der Waals surface area contributed by atoms with Crippen molar-refractivity contribution in [1.82, 2.24) is 25.1 Å². The van der Waals surface area contributed by atoms with Gasteiger partial charge in [0.1, 0.15) is 0 Å². The Hall–Kier alpha value is -3.58. The topological polar surface area (TPSA) is 86.8 Å². The fourth-order valence-electron chi connectivity index (χ4n) is 4.28. The van der Waals surface area contributed by atoms with Crippen LogP contribution in [0.25, 0.3) is 22.0 Å². The number of hydrogen-bond acceptors (Lipinski definition) is 5. The Morgan fingerprint density at radius 2 is 1.75 bits per heavy atom. The number of amides is 1. The standard InChI is InChI=1S/C25H26N6O/c32-25(28-21-7-9-26-10-8-21)24-22-14-19(5-6-23(22)29-30-24)20-13-18(15-27-16-20)17-31-11-3-1-2-4-12-31/h5-10,13-16H,1-4,11-12,17H2,(H,29,30)(H,26,28,32). The van der Waals surface area contributed by atoms with E-state index in [1.54, 1.807) is 24.5 Å². The summed E-state index contributed by atoms with van der Waals surface area (Å²) in [5.74, 6) is -0.257. The molecule has 0 aliphatic carbocycles. The number of fused-ring (bicyclic) bond motifs is 1. The molecule has 0 radical (unpaired) electrons. The maximum Gasteiger partial charge on any atom is 0.276 e. The van der Waals surface area contributed by atoms with Crippen molar-refractivity contribution in [3.8, 4) is 11.1 Å². The van der Waals surface area contributed by atoms with Crippen molar-refractivity contribution in [3.05, 3.63) is 72.4 Å². The van der Waals surface area contributed by atoms with Crippen LogP contribution < -0.4 is 5.32 Å². The van der Waals surface area contributed by atoms with Gasteiger partial charge < -0.3 is 5.32 Å². The largest absolute Gasteiger partial charge is 0.320 e. The van der Waals surface area contributed by atoms with Crippen molar-refractivity contribution in [2.45, 2.75) is 32.2 Å². The molecule has 1 aliphatic rings. The lowest BCUT2D eigenvalue weighted by Crippen LogP contribution is -2.24. The third-order valence-electron chi connectivity index (χ3n) is 5.95. The van der Waals surface area contributed by atoms with E-state index in [4.69, 9.17) is 0 Å². The van der Waals surface area contributed by atoms with Crippen LogP contribution in [0.15, 0.2) is 61.2 Å². The van der Waals surface area contributed by atoms with Gasteiger partial charge in [0.25, 0.3) is 5.91 Å². The molecular formula is C25H26N6O. The van der Waals surface area contributed by atoms with E-state index in [0.717, 1.165) is 41.7 Å². The first kappa shape index (κ1) is 20.3. The minimum Gasteiger partial charge on any atom is -0.320 e. The molecule has 2 N–H and O–H groups in total. The lowest BCUT2D eigenvalue weighted by molar-refractivity contribution is 0.102. The van der Waals surface area contributed by atoms with Gasteiger partial charge in [0, 0.05) is 48.0 Å². The molecule has 4 aromatic rings. The highest BCUT2D eigenvalue weighted by Crippen LogP contribution is 2.26. The molecule has 7 heteroatoms. The predicted molar refractivity (Wildman–Crippen MR) is 125 cm³/mol. The van der Waals surface area contributed by atoms with Crippen LogP contribution in [0.5, 0.6) is 0 Å². The molecule has 0 unspecified atom stereocenters. The Morgan fingerprint density at radius 1 is 0.938 bits per heavy atom. The SMILES string of the molecule is O=C(Nc1ccncc1)c1n[nH]c2ccc(-c3cncc(CN4CCCCCC4)c3)cc12. The molecular weight excluding hydrogens is 400 g/mol. The van der Waals surface area contributed by atoms with E-state index in [1.807, 2.05) is 30.6 Å². The van der Waals surface area contributed by atoms with Crippen molar-refractivity contribution in [1.29, 1.82) is 0 Å². The number of anilines is 1. The third kappa shape index (κ3) is 4.53. The zero-order valence-corrected chi connectivity index (χ0v) is 17.9. The van der Waals surface area contributed by atoms with Crippen LogP contribution in [0.4, 0.5) is 5.69 Å². The lowest BCUT2D eigenvalue weighted by Gasteiger charge is -2.19. The predicted octanol–water partition coefficient (Wildman–Crippen LogP) is 4.65. The van der Waals surface area contributed by atoms with E-state index >= 15 is 0 Å². The second-order valence-electron chi connectivity index (χ2n) is 8.29. The summed E-state index contributed by atoms with van der Waals surface area (Å²) in [4.78, 5) is 23.8. The molecule has 162 valence electrons. The maximum absolute atomic E-state index is 12.8. The smallest absolute Gasteiger partial charge is 0.276 e. The van der Waals surface area contributed by atoms with Gasteiger partial charge in [-0.15, -0.1) is 0 Å². The van der Waals surface area contributed by atoms with E-state index < -0.39 is 0 Å². The Bertz CT molecular complexity index is 1210. The van der Waals surface area contributed by atoms with Crippen molar-refractivity contribution in [2.75, 3.05) is 18.4 Å². The van der Waals surface area contributed by atoms with Gasteiger partial charge in [0.15, 0.2) is 5.69 Å². The van der Waals surface area contributed by atoms with Gasteiger partial charge in [-0.05, 0) is 67.4 Å². The number of benzene rings is 1. The second kappa shape index (κ2) is 9.28. The van der Waals surface area contributed by atoms with Gasteiger partial charge in [-0.3, -0.25) is 24.8 Å². The van der Waals surface area contributed by atoms with Gasteiger partial charge in [-0.2, -0.15) is 5.10 Å². The number of nitrogens with one attached hydrogen (secondary N) is 2. The molecule has 1 amide bonds. The van der Waals surface area contributed by atoms with Gasteiger partial charge in [0.2, 0.25) is 0 Å². The number of pyridine rings is 2. The van der Waals surface area contributed by atoms with Crippen molar-refractivity contribution in [3.63, 3.8) is 0 Å². The van der Waals surface area contributed by atoms with Crippen LogP contribution in [0, 0.1) is 0 Å². The summed E-state index contributed by atoms with van der Waals surface area (Å²) >= 11 is 0. The summed E-state index contributed by atoms with van der Waals surface area (Å²) < 4.78 is 0. The molecule has 1 aliphatic heterocycles. The summed E-state index contributed by atoms with van der Waals surface area (Å²) in [7, 11) is 0. The fourth-order valence-corrected chi connectivity index (χ4v) is 4.28. The molecule has 1 fully saturated rings. The molecule has 32 heavy (non-hydrogen) atoms. The molecule has 1 saturated heterocycles. The van der Waals surface area contributed by atoms with E-state index in [1.165, 1.54) is 31.2 Å². The number of aromatic amines is 1. The van der Waals surface area contributed by atoms with Gasteiger partial charge in [-0.1, -0.05) is 18.9 Å². The molecule has 0 saturated carbocycles. The molecule has 1 aromatic carbocycles. The molecule has 0 atom stereocenters. The average molecular weight is 427 g/mol. The van der Waals surface area contributed by atoms with E-state index in [2.05, 4.69) is 36.4 Å². The number of likely N-dealkylation sites (tertiary alicyclic amines) is 1. The first-order valence-electron chi connectivity index (χ1n) is 11.1. The van der Waals surface area contributed by atoms with Gasteiger partial charge in [-0.25, -0.2) is 0 Å². The number of carbonyl (C=O) groups excluding carboxylic acids is 1. The summed E-state index contributed by atoms with van der Waals surface area (Å²) in [6.07, 6.45) is 12.3. The number of H-pyrrole nitrogens is 1. The van der Waals surface area contributed by atoms with Crippen LogP contribution in [0.3, 0.4) is 0 Å². The highest BCUT2D eigenvalue weighted by molar-refractivity contribution is 6.11. The zero-order valence-electron chi connectivity index (χ0n) is 17.9. The lowest BCUT2D eigenvalue weighted by atomic mass is 10.0. The molecule has 5 rings (SSSR count). The Balaban J connectivity index is 1.40. The van der Waals surface area contributed by atoms with Crippen molar-refractivity contribution >= 4 is 22.5 Å². The van der Waals surface area contributed by atoms with E-state index in [0.29, 0.717) is 11.4 Å². The molecule has 0 bridgehead atoms. The molecule has 3 aromatic heterocycles. The van der Waals surface area contributed by atoms with Gasteiger partial charge in [0.05, 0.1) is 5.52 Å². The Morgan fingerprint density at radius 3 is 2.56 bits per heavy atom. The number of rotatable bonds is 5. The number of nitrogens with zero attached hydrogens (tertiary/aromatic N) is 4. The number of hydrogen-bond donors (Lipinski definition) is 2. The number of aromatic nitrogens is 4. The van der Waals surface area contributed by atoms with Crippen molar-refractivity contribution in [2.24, 2.45) is 0 Å². The fraction of sp³-hybridized carbons (Fsp3) is 0.280.